The monoisotopic (exact) mass is 382 g/mol. The fourth-order valence-electron chi connectivity index (χ4n) is 3.16. The Morgan fingerprint density at radius 3 is 2.19 bits per heavy atom. The number of rotatable bonds is 4. The lowest BCUT2D eigenvalue weighted by Crippen LogP contribution is -2.57. The number of hydrogen-bond acceptors (Lipinski definition) is 4. The second-order valence-corrected chi connectivity index (χ2v) is 8.42. The molecule has 1 atom stereocenters. The number of benzene rings is 1. The molecule has 9 heteroatoms. The number of amides is 2. The molecular weight excluding hydrogens is 356 g/mol. The van der Waals surface area contributed by atoms with Gasteiger partial charge in [0.1, 0.15) is 0 Å². The first-order valence-electron chi connectivity index (χ1n) is 8.92. The molecule has 3 rings (SSSR count). The van der Waals surface area contributed by atoms with Gasteiger partial charge in [0.15, 0.2) is 0 Å². The van der Waals surface area contributed by atoms with Crippen molar-refractivity contribution in [1.82, 2.24) is 18.8 Å². The van der Waals surface area contributed by atoms with E-state index in [-0.39, 0.29) is 12.1 Å². The third-order valence-corrected chi connectivity index (χ3v) is 6.82. The van der Waals surface area contributed by atoms with Crippen molar-refractivity contribution in [2.45, 2.75) is 13.0 Å². The van der Waals surface area contributed by atoms with Crippen LogP contribution in [0.1, 0.15) is 18.5 Å². The molecule has 2 aliphatic heterocycles. The van der Waals surface area contributed by atoms with Gasteiger partial charge in [-0.15, -0.1) is 0 Å². The molecule has 8 nitrogen and oxygen atoms in total. The maximum Gasteiger partial charge on any atom is 0.317 e. The number of morpholine rings is 1. The van der Waals surface area contributed by atoms with E-state index >= 15 is 0 Å². The summed E-state index contributed by atoms with van der Waals surface area (Å²) in [5.74, 6) is 0. The van der Waals surface area contributed by atoms with Crippen molar-refractivity contribution in [3.8, 4) is 0 Å². The molecule has 1 N–H and O–H groups in total. The molecule has 0 radical (unpaired) electrons. The molecule has 2 amide bonds. The summed E-state index contributed by atoms with van der Waals surface area (Å²) < 4.78 is 33.5. The second kappa shape index (κ2) is 8.34. The van der Waals surface area contributed by atoms with Crippen LogP contribution in [0.5, 0.6) is 0 Å². The van der Waals surface area contributed by atoms with Gasteiger partial charge in [-0.05, 0) is 12.5 Å². The Labute approximate surface area is 154 Å². The molecule has 1 aromatic rings. The predicted octanol–water partition coefficient (Wildman–Crippen LogP) is 0.652. The summed E-state index contributed by atoms with van der Waals surface area (Å²) in [6, 6.07) is 9.49. The summed E-state index contributed by atoms with van der Waals surface area (Å²) in [5, 5.41) is 2.97. The highest BCUT2D eigenvalue weighted by molar-refractivity contribution is 7.86. The van der Waals surface area contributed by atoms with E-state index in [0.29, 0.717) is 52.5 Å². The van der Waals surface area contributed by atoms with Crippen molar-refractivity contribution in [1.29, 1.82) is 0 Å². The van der Waals surface area contributed by atoms with Crippen LogP contribution in [0.3, 0.4) is 0 Å². The number of carbonyl (C=O) groups excluding carboxylic acids is 1. The van der Waals surface area contributed by atoms with Crippen molar-refractivity contribution in [2.24, 2.45) is 0 Å². The Balaban J connectivity index is 1.52. The molecule has 0 aliphatic carbocycles. The molecule has 1 aromatic carbocycles. The average Bonchev–Trinajstić information content (AvgIpc) is 2.69. The quantitative estimate of drug-likeness (QED) is 0.829. The minimum absolute atomic E-state index is 0.0983. The second-order valence-electron chi connectivity index (χ2n) is 6.49. The van der Waals surface area contributed by atoms with Crippen LogP contribution in [0.25, 0.3) is 0 Å². The van der Waals surface area contributed by atoms with Crippen LogP contribution >= 0.6 is 0 Å². The Bertz CT molecular complexity index is 699. The average molecular weight is 382 g/mol. The molecular formula is C17H26N4O4S. The fraction of sp³-hybridized carbons (Fsp3) is 0.588. The van der Waals surface area contributed by atoms with E-state index in [1.165, 1.54) is 8.61 Å². The number of ether oxygens (including phenoxy) is 1. The minimum atomic E-state index is -3.47. The lowest BCUT2D eigenvalue weighted by molar-refractivity contribution is 0.0689. The van der Waals surface area contributed by atoms with E-state index in [1.807, 2.05) is 37.3 Å². The van der Waals surface area contributed by atoms with Crippen LogP contribution < -0.4 is 5.32 Å². The SMILES string of the molecule is C[C@@H](NC(=O)N1CCN(S(=O)(=O)N2CCOCC2)CC1)c1ccccc1. The van der Waals surface area contributed by atoms with Crippen LogP contribution in [0, 0.1) is 0 Å². The number of nitrogens with zero attached hydrogens (tertiary/aromatic N) is 3. The highest BCUT2D eigenvalue weighted by atomic mass is 32.2. The van der Waals surface area contributed by atoms with Crippen LogP contribution in [0.2, 0.25) is 0 Å². The maximum atomic E-state index is 12.7. The van der Waals surface area contributed by atoms with Crippen LogP contribution in [-0.4, -0.2) is 80.4 Å². The van der Waals surface area contributed by atoms with Gasteiger partial charge in [0.2, 0.25) is 0 Å². The Kier molecular flexibility index (Phi) is 6.13. The van der Waals surface area contributed by atoms with Gasteiger partial charge < -0.3 is 15.0 Å². The summed E-state index contributed by atoms with van der Waals surface area (Å²) in [6.45, 7) is 4.97. The lowest BCUT2D eigenvalue weighted by Gasteiger charge is -2.37. The fourth-order valence-corrected chi connectivity index (χ4v) is 4.73. The highest BCUT2D eigenvalue weighted by Gasteiger charge is 2.34. The minimum Gasteiger partial charge on any atom is -0.379 e. The number of carbonyl (C=O) groups is 1. The van der Waals surface area contributed by atoms with E-state index in [0.717, 1.165) is 5.56 Å². The molecule has 2 heterocycles. The standard InChI is InChI=1S/C17H26N4O4S/c1-15(16-5-3-2-4-6-16)18-17(22)19-7-9-20(10-8-19)26(23,24)21-11-13-25-14-12-21/h2-6,15H,7-14H2,1H3,(H,18,22)/t15-/m1/s1. The van der Waals surface area contributed by atoms with Crippen LogP contribution in [0.4, 0.5) is 4.79 Å². The molecule has 0 aromatic heterocycles. The topological polar surface area (TPSA) is 82.2 Å². The third kappa shape index (κ3) is 4.35. The molecule has 0 bridgehead atoms. The summed E-state index contributed by atoms with van der Waals surface area (Å²) in [6.07, 6.45) is 0. The van der Waals surface area contributed by atoms with Gasteiger partial charge in [-0.3, -0.25) is 0 Å². The first-order chi connectivity index (χ1) is 12.5. The van der Waals surface area contributed by atoms with Crippen molar-refractivity contribution in [3.05, 3.63) is 35.9 Å². The summed E-state index contributed by atoms with van der Waals surface area (Å²) in [5.41, 5.74) is 1.04. The number of urea groups is 1. The molecule has 144 valence electrons. The highest BCUT2D eigenvalue weighted by Crippen LogP contribution is 2.15. The zero-order valence-corrected chi connectivity index (χ0v) is 15.8. The number of nitrogens with one attached hydrogen (secondary N) is 1. The van der Waals surface area contributed by atoms with E-state index < -0.39 is 10.2 Å². The van der Waals surface area contributed by atoms with Crippen molar-refractivity contribution >= 4 is 16.2 Å². The number of piperazine rings is 1. The van der Waals surface area contributed by atoms with Gasteiger partial charge in [0, 0.05) is 39.3 Å². The molecule has 0 unspecified atom stereocenters. The van der Waals surface area contributed by atoms with E-state index in [2.05, 4.69) is 5.32 Å². The Hall–Kier alpha value is -1.68. The summed E-state index contributed by atoms with van der Waals surface area (Å²) in [7, 11) is -3.47. The van der Waals surface area contributed by atoms with Gasteiger partial charge in [-0.1, -0.05) is 30.3 Å². The molecule has 26 heavy (non-hydrogen) atoms. The molecule has 0 spiro atoms. The van der Waals surface area contributed by atoms with Gasteiger partial charge in [-0.2, -0.15) is 17.0 Å². The van der Waals surface area contributed by atoms with Gasteiger partial charge in [0.25, 0.3) is 10.2 Å². The van der Waals surface area contributed by atoms with Gasteiger partial charge in [0.05, 0.1) is 19.3 Å². The Morgan fingerprint density at radius 1 is 1.00 bits per heavy atom. The number of hydrogen-bond donors (Lipinski definition) is 1. The predicted molar refractivity (Wildman–Crippen MR) is 97.8 cm³/mol. The molecule has 0 saturated carbocycles. The van der Waals surface area contributed by atoms with Crippen LogP contribution in [0.15, 0.2) is 30.3 Å². The zero-order chi connectivity index (χ0) is 18.6. The van der Waals surface area contributed by atoms with E-state index in [4.69, 9.17) is 4.74 Å². The van der Waals surface area contributed by atoms with Crippen molar-refractivity contribution in [3.63, 3.8) is 0 Å². The first-order valence-corrected chi connectivity index (χ1v) is 10.3. The van der Waals surface area contributed by atoms with Gasteiger partial charge >= 0.3 is 6.03 Å². The smallest absolute Gasteiger partial charge is 0.317 e. The maximum absolute atomic E-state index is 12.7. The third-order valence-electron chi connectivity index (χ3n) is 4.79. The van der Waals surface area contributed by atoms with E-state index in [9.17, 15) is 13.2 Å². The van der Waals surface area contributed by atoms with Crippen LogP contribution in [-0.2, 0) is 14.9 Å². The van der Waals surface area contributed by atoms with Crippen molar-refractivity contribution in [2.75, 3.05) is 52.5 Å². The van der Waals surface area contributed by atoms with E-state index in [1.54, 1.807) is 4.90 Å². The molecule has 2 saturated heterocycles. The normalized spacial score (nSPS) is 21.3. The largest absolute Gasteiger partial charge is 0.379 e. The summed E-state index contributed by atoms with van der Waals surface area (Å²) >= 11 is 0. The van der Waals surface area contributed by atoms with Gasteiger partial charge in [-0.25, -0.2) is 4.79 Å². The molecule has 2 aliphatic rings. The summed E-state index contributed by atoms with van der Waals surface area (Å²) in [4.78, 5) is 14.1. The lowest BCUT2D eigenvalue weighted by atomic mass is 10.1. The van der Waals surface area contributed by atoms with Crippen molar-refractivity contribution < 1.29 is 17.9 Å². The first kappa shape index (κ1) is 19.1. The molecule has 2 fully saturated rings. The Morgan fingerprint density at radius 2 is 1.58 bits per heavy atom. The zero-order valence-electron chi connectivity index (χ0n) is 15.0.